The monoisotopic (exact) mass is 468 g/mol. The van der Waals surface area contributed by atoms with E-state index in [-0.39, 0.29) is 24.5 Å². The molecule has 5 rings (SSSR count). The Labute approximate surface area is 204 Å². The lowest BCUT2D eigenvalue weighted by molar-refractivity contribution is -0.119. The van der Waals surface area contributed by atoms with Crippen molar-refractivity contribution in [2.75, 3.05) is 19.0 Å². The number of hydrogen-bond acceptors (Lipinski definition) is 4. The maximum absolute atomic E-state index is 13.3. The van der Waals surface area contributed by atoms with Crippen molar-refractivity contribution in [2.24, 2.45) is 0 Å². The molecule has 1 aliphatic carbocycles. The molecule has 0 unspecified atom stereocenters. The third kappa shape index (κ3) is 4.95. The van der Waals surface area contributed by atoms with Crippen LogP contribution in [0.25, 0.3) is 11.0 Å². The quantitative estimate of drug-likeness (QED) is 0.404. The van der Waals surface area contributed by atoms with Crippen LogP contribution in [0, 0.1) is 0 Å². The molecule has 0 spiro atoms. The summed E-state index contributed by atoms with van der Waals surface area (Å²) in [4.78, 5) is 30.2. The zero-order valence-electron chi connectivity index (χ0n) is 19.7. The van der Waals surface area contributed by atoms with Gasteiger partial charge >= 0.3 is 0 Å². The zero-order chi connectivity index (χ0) is 24.2. The molecule has 35 heavy (non-hydrogen) atoms. The summed E-state index contributed by atoms with van der Waals surface area (Å²) in [6.07, 6.45) is 4.40. The fourth-order valence-corrected chi connectivity index (χ4v) is 4.77. The number of carbonyl (C=O) groups excluding carboxylic acids is 2. The van der Waals surface area contributed by atoms with Gasteiger partial charge in [-0.25, -0.2) is 4.98 Å². The van der Waals surface area contributed by atoms with Gasteiger partial charge in [-0.05, 0) is 48.1 Å². The van der Waals surface area contributed by atoms with Gasteiger partial charge in [0.1, 0.15) is 6.61 Å². The predicted octanol–water partition coefficient (Wildman–Crippen LogP) is 4.28. The topological polar surface area (TPSA) is 85.2 Å². The molecular formula is C28H28N4O3. The second kappa shape index (κ2) is 10.1. The van der Waals surface area contributed by atoms with Gasteiger partial charge in [0.2, 0.25) is 5.91 Å². The van der Waals surface area contributed by atoms with E-state index in [0.29, 0.717) is 23.3 Å². The molecule has 2 N–H and O–H groups in total. The van der Waals surface area contributed by atoms with Crippen molar-refractivity contribution >= 4 is 28.5 Å². The molecule has 4 aromatic rings. The van der Waals surface area contributed by atoms with Crippen LogP contribution in [-0.2, 0) is 28.9 Å². The number of carbonyl (C=O) groups is 2. The van der Waals surface area contributed by atoms with E-state index in [2.05, 4.69) is 39.9 Å². The number of hydrogen-bond donors (Lipinski definition) is 2. The highest BCUT2D eigenvalue weighted by atomic mass is 16.5. The fraction of sp³-hybridized carbons (Fsp3) is 0.250. The summed E-state index contributed by atoms with van der Waals surface area (Å²) in [6, 6.07) is 21.9. The number of imidazole rings is 1. The van der Waals surface area contributed by atoms with E-state index in [4.69, 9.17) is 4.74 Å². The number of aryl methyl sites for hydroxylation is 3. The van der Waals surface area contributed by atoms with Crippen LogP contribution < -0.4 is 10.6 Å². The maximum atomic E-state index is 13.3. The Morgan fingerprint density at radius 1 is 1.09 bits per heavy atom. The summed E-state index contributed by atoms with van der Waals surface area (Å²) in [7, 11) is 1.47. The van der Waals surface area contributed by atoms with E-state index in [0.717, 1.165) is 24.8 Å². The zero-order valence-corrected chi connectivity index (χ0v) is 19.7. The van der Waals surface area contributed by atoms with E-state index in [1.807, 2.05) is 34.9 Å². The molecule has 1 aromatic heterocycles. The van der Waals surface area contributed by atoms with Gasteiger partial charge in [0.15, 0.2) is 0 Å². The second-order valence-electron chi connectivity index (χ2n) is 8.81. The normalized spacial score (nSPS) is 14.6. The van der Waals surface area contributed by atoms with Crippen molar-refractivity contribution in [2.45, 2.75) is 31.8 Å². The lowest BCUT2D eigenvalue weighted by Gasteiger charge is -2.16. The summed E-state index contributed by atoms with van der Waals surface area (Å²) in [5, 5.41) is 6.07. The summed E-state index contributed by atoms with van der Waals surface area (Å²) in [5.74, 6) is -0.471. The molecule has 1 atom stereocenters. The standard InChI is InChI=1S/C28H28N4O3/c1-35-17-26(33)30-25-16-21(28(34)31-23-12-11-20-9-5-6-10-22(20)23)15-24-27(25)32(18-29-24)14-13-19-7-3-2-4-8-19/h2-10,15-16,18,23H,11-14,17H2,1H3,(H,30,33)(H,31,34)/t23-/m0/s1. The van der Waals surface area contributed by atoms with Crippen LogP contribution in [0.15, 0.2) is 73.1 Å². The number of nitrogens with one attached hydrogen (secondary N) is 2. The molecule has 0 aliphatic heterocycles. The lowest BCUT2D eigenvalue weighted by atomic mass is 10.1. The van der Waals surface area contributed by atoms with Crippen LogP contribution >= 0.6 is 0 Å². The lowest BCUT2D eigenvalue weighted by Crippen LogP contribution is -2.27. The number of benzene rings is 3. The largest absolute Gasteiger partial charge is 0.375 e. The molecule has 2 amide bonds. The van der Waals surface area contributed by atoms with E-state index in [1.165, 1.54) is 23.8 Å². The third-order valence-corrected chi connectivity index (χ3v) is 6.45. The minimum Gasteiger partial charge on any atom is -0.375 e. The highest BCUT2D eigenvalue weighted by molar-refractivity contribution is 6.05. The number of ether oxygens (including phenoxy) is 1. The molecule has 178 valence electrons. The van der Waals surface area contributed by atoms with Crippen molar-refractivity contribution in [1.29, 1.82) is 0 Å². The Morgan fingerprint density at radius 3 is 2.71 bits per heavy atom. The van der Waals surface area contributed by atoms with E-state index >= 15 is 0 Å². The minimum atomic E-state index is -0.285. The Bertz CT molecular complexity index is 1360. The van der Waals surface area contributed by atoms with E-state index in [1.54, 1.807) is 18.5 Å². The molecule has 7 heteroatoms. The van der Waals surface area contributed by atoms with Crippen LogP contribution in [0.2, 0.25) is 0 Å². The second-order valence-corrected chi connectivity index (χ2v) is 8.81. The summed E-state index contributed by atoms with van der Waals surface area (Å²) in [6.45, 7) is 0.618. The average Bonchev–Trinajstić information content (AvgIpc) is 3.48. The Balaban J connectivity index is 1.43. The molecule has 0 bridgehead atoms. The summed E-state index contributed by atoms with van der Waals surface area (Å²) < 4.78 is 7.00. The molecule has 7 nitrogen and oxygen atoms in total. The number of nitrogens with zero attached hydrogens (tertiary/aromatic N) is 2. The molecule has 0 fully saturated rings. The van der Waals surface area contributed by atoms with Gasteiger partial charge in [0.05, 0.1) is 29.1 Å². The van der Waals surface area contributed by atoms with Crippen LogP contribution in [0.1, 0.15) is 39.5 Å². The number of methoxy groups -OCH3 is 1. The van der Waals surface area contributed by atoms with Gasteiger partial charge in [-0.1, -0.05) is 54.6 Å². The molecule has 0 saturated carbocycles. The van der Waals surface area contributed by atoms with E-state index < -0.39 is 0 Å². The molecule has 0 radical (unpaired) electrons. The van der Waals surface area contributed by atoms with Gasteiger partial charge in [0, 0.05) is 19.2 Å². The molecule has 1 aliphatic rings. The number of amides is 2. The smallest absolute Gasteiger partial charge is 0.251 e. The van der Waals surface area contributed by atoms with Gasteiger partial charge in [-0.15, -0.1) is 0 Å². The Morgan fingerprint density at radius 2 is 1.89 bits per heavy atom. The minimum absolute atomic E-state index is 0.0237. The summed E-state index contributed by atoms with van der Waals surface area (Å²) in [5.41, 5.74) is 6.11. The number of fused-ring (bicyclic) bond motifs is 2. The molecular weight excluding hydrogens is 440 g/mol. The van der Waals surface area contributed by atoms with E-state index in [9.17, 15) is 9.59 Å². The van der Waals surface area contributed by atoms with Gasteiger partial charge in [0.25, 0.3) is 5.91 Å². The van der Waals surface area contributed by atoms with Crippen molar-refractivity contribution in [1.82, 2.24) is 14.9 Å². The Kier molecular flexibility index (Phi) is 6.59. The van der Waals surface area contributed by atoms with Crippen molar-refractivity contribution in [3.8, 4) is 0 Å². The molecule has 3 aromatic carbocycles. The number of aromatic nitrogens is 2. The number of rotatable bonds is 8. The first-order chi connectivity index (χ1) is 17.1. The van der Waals surface area contributed by atoms with Crippen molar-refractivity contribution in [3.05, 3.63) is 95.3 Å². The van der Waals surface area contributed by atoms with Crippen LogP contribution in [0.5, 0.6) is 0 Å². The summed E-state index contributed by atoms with van der Waals surface area (Å²) >= 11 is 0. The van der Waals surface area contributed by atoms with Gasteiger partial charge in [-0.3, -0.25) is 9.59 Å². The molecule has 1 heterocycles. The van der Waals surface area contributed by atoms with Crippen molar-refractivity contribution in [3.63, 3.8) is 0 Å². The maximum Gasteiger partial charge on any atom is 0.251 e. The first-order valence-electron chi connectivity index (χ1n) is 11.8. The SMILES string of the molecule is COCC(=O)Nc1cc(C(=O)N[C@H]2CCc3ccccc32)cc2ncn(CCc3ccccc3)c12. The van der Waals surface area contributed by atoms with Crippen LogP contribution in [-0.4, -0.2) is 35.1 Å². The first kappa shape index (κ1) is 22.8. The van der Waals surface area contributed by atoms with Crippen molar-refractivity contribution < 1.29 is 14.3 Å². The van der Waals surface area contributed by atoms with Gasteiger partial charge < -0.3 is 19.9 Å². The Hall–Kier alpha value is -3.97. The fourth-order valence-electron chi connectivity index (χ4n) is 4.77. The highest BCUT2D eigenvalue weighted by Crippen LogP contribution is 2.32. The first-order valence-corrected chi connectivity index (χ1v) is 11.8. The predicted molar refractivity (Wildman–Crippen MR) is 135 cm³/mol. The molecule has 0 saturated heterocycles. The average molecular weight is 469 g/mol. The van der Waals surface area contributed by atoms with Gasteiger partial charge in [-0.2, -0.15) is 0 Å². The highest BCUT2D eigenvalue weighted by Gasteiger charge is 2.25. The van der Waals surface area contributed by atoms with Crippen LogP contribution in [0.4, 0.5) is 5.69 Å². The number of anilines is 1. The third-order valence-electron chi connectivity index (χ3n) is 6.45. The van der Waals surface area contributed by atoms with Crippen LogP contribution in [0.3, 0.4) is 0 Å².